The lowest BCUT2D eigenvalue weighted by molar-refractivity contribution is 0.0702. The van der Waals surface area contributed by atoms with Gasteiger partial charge in [0.15, 0.2) is 0 Å². The van der Waals surface area contributed by atoms with Gasteiger partial charge in [-0.15, -0.1) is 11.3 Å². The lowest BCUT2D eigenvalue weighted by Crippen LogP contribution is -2.19. The minimum Gasteiger partial charge on any atom is -0.477 e. The molecule has 0 bridgehead atoms. The molecular formula is C12H12ClNO5S2. The first-order valence-electron chi connectivity index (χ1n) is 5.78. The molecule has 0 aliphatic rings. The lowest BCUT2D eigenvalue weighted by Gasteiger charge is -2.09. The molecule has 2 rings (SSSR count). The zero-order chi connectivity index (χ0) is 15.6. The number of carbonyl (C=O) groups is 1. The number of rotatable bonds is 6. The van der Waals surface area contributed by atoms with Crippen molar-refractivity contribution in [2.75, 3.05) is 24.2 Å². The second kappa shape index (κ2) is 6.18. The molecule has 0 aliphatic heterocycles. The van der Waals surface area contributed by atoms with Gasteiger partial charge in [-0.05, 0) is 23.6 Å². The second-order valence-corrected chi connectivity index (χ2v) is 7.53. The van der Waals surface area contributed by atoms with Gasteiger partial charge in [0.1, 0.15) is 4.88 Å². The molecule has 0 fully saturated rings. The molecular weight excluding hydrogens is 338 g/mol. The van der Waals surface area contributed by atoms with Crippen molar-refractivity contribution < 1.29 is 23.1 Å². The van der Waals surface area contributed by atoms with Gasteiger partial charge in [-0.3, -0.25) is 4.72 Å². The predicted octanol–water partition coefficient (Wildman–Crippen LogP) is 2.64. The number of thiophene rings is 1. The molecule has 0 unspecified atom stereocenters. The Morgan fingerprint density at radius 1 is 1.43 bits per heavy atom. The van der Waals surface area contributed by atoms with Crippen molar-refractivity contribution in [3.05, 3.63) is 28.1 Å². The van der Waals surface area contributed by atoms with Crippen molar-refractivity contribution in [3.63, 3.8) is 0 Å². The maximum absolute atomic E-state index is 11.8. The normalized spacial score (nSPS) is 11.7. The number of ether oxygens (including phenoxy) is 1. The molecule has 0 saturated carbocycles. The van der Waals surface area contributed by atoms with Gasteiger partial charge in [-0.2, -0.15) is 0 Å². The molecule has 2 aromatic rings. The van der Waals surface area contributed by atoms with Crippen LogP contribution in [0.25, 0.3) is 10.1 Å². The summed E-state index contributed by atoms with van der Waals surface area (Å²) in [6.45, 7) is 0.0663. The van der Waals surface area contributed by atoms with Crippen LogP contribution in [0.1, 0.15) is 9.67 Å². The minimum atomic E-state index is -3.57. The molecule has 2 N–H and O–H groups in total. The number of carboxylic acid groups (broad SMARTS) is 1. The number of carboxylic acids is 1. The van der Waals surface area contributed by atoms with E-state index in [0.717, 1.165) is 11.3 Å². The van der Waals surface area contributed by atoms with Crippen LogP contribution in [-0.2, 0) is 14.8 Å². The first-order valence-corrected chi connectivity index (χ1v) is 8.63. The van der Waals surface area contributed by atoms with Gasteiger partial charge in [-0.25, -0.2) is 13.2 Å². The quantitative estimate of drug-likeness (QED) is 0.836. The molecule has 0 saturated heterocycles. The third-order valence-electron chi connectivity index (χ3n) is 2.64. The summed E-state index contributed by atoms with van der Waals surface area (Å²) in [5.41, 5.74) is 0.218. The number of fused-ring (bicyclic) bond motifs is 1. The van der Waals surface area contributed by atoms with Crippen LogP contribution in [0.3, 0.4) is 0 Å². The van der Waals surface area contributed by atoms with Crippen molar-refractivity contribution in [2.24, 2.45) is 0 Å². The van der Waals surface area contributed by atoms with E-state index in [0.29, 0.717) is 10.1 Å². The van der Waals surface area contributed by atoms with Gasteiger partial charge >= 0.3 is 5.97 Å². The Bertz CT molecular complexity index is 784. The number of hydrogen-bond donors (Lipinski definition) is 2. The Morgan fingerprint density at radius 2 is 2.14 bits per heavy atom. The van der Waals surface area contributed by atoms with E-state index in [-0.39, 0.29) is 27.9 Å². The van der Waals surface area contributed by atoms with E-state index in [1.54, 1.807) is 6.07 Å². The summed E-state index contributed by atoms with van der Waals surface area (Å²) in [5.74, 6) is -1.23. The fourth-order valence-electron chi connectivity index (χ4n) is 1.66. The first-order chi connectivity index (χ1) is 9.82. The van der Waals surface area contributed by atoms with Gasteiger partial charge in [0, 0.05) is 11.8 Å². The molecule has 6 nitrogen and oxygen atoms in total. The van der Waals surface area contributed by atoms with E-state index in [1.807, 2.05) is 0 Å². The van der Waals surface area contributed by atoms with Crippen LogP contribution in [0.5, 0.6) is 0 Å². The van der Waals surface area contributed by atoms with Crippen LogP contribution in [0, 0.1) is 0 Å². The van der Waals surface area contributed by atoms with E-state index in [9.17, 15) is 13.2 Å². The first kappa shape index (κ1) is 16.0. The molecule has 21 heavy (non-hydrogen) atoms. The maximum Gasteiger partial charge on any atom is 0.345 e. The zero-order valence-electron chi connectivity index (χ0n) is 10.9. The van der Waals surface area contributed by atoms with Gasteiger partial charge < -0.3 is 9.84 Å². The number of benzene rings is 1. The lowest BCUT2D eigenvalue weighted by atomic mass is 10.2. The Kier molecular flexibility index (Phi) is 4.72. The van der Waals surface area contributed by atoms with Gasteiger partial charge in [0.2, 0.25) is 10.0 Å². The highest BCUT2D eigenvalue weighted by atomic mass is 35.5. The Morgan fingerprint density at radius 3 is 2.76 bits per heavy atom. The van der Waals surface area contributed by atoms with E-state index in [4.69, 9.17) is 21.4 Å². The third kappa shape index (κ3) is 3.85. The van der Waals surface area contributed by atoms with Gasteiger partial charge in [0.05, 0.1) is 23.1 Å². The Balaban J connectivity index is 2.36. The number of halogens is 1. The average molecular weight is 350 g/mol. The highest BCUT2D eigenvalue weighted by Gasteiger charge is 2.15. The van der Waals surface area contributed by atoms with E-state index >= 15 is 0 Å². The van der Waals surface area contributed by atoms with Crippen LogP contribution in [0.15, 0.2) is 18.2 Å². The van der Waals surface area contributed by atoms with Gasteiger partial charge in [-0.1, -0.05) is 11.6 Å². The summed E-state index contributed by atoms with van der Waals surface area (Å²) in [5, 5.41) is 9.79. The topological polar surface area (TPSA) is 92.7 Å². The number of nitrogens with one attached hydrogen (secondary N) is 1. The van der Waals surface area contributed by atoms with E-state index in [2.05, 4.69) is 4.72 Å². The standard InChI is InChI=1S/C12H12ClNO5S2/c1-19-2-3-21(17,18)14-9-4-7-5-11(12(15)16)20-10(7)6-8(9)13/h4-6,14H,2-3H2,1H3,(H,15,16). The molecule has 0 amide bonds. The summed E-state index contributed by atoms with van der Waals surface area (Å²) in [7, 11) is -2.16. The molecule has 9 heteroatoms. The van der Waals surface area contributed by atoms with Gasteiger partial charge in [0.25, 0.3) is 0 Å². The summed E-state index contributed by atoms with van der Waals surface area (Å²) in [6.07, 6.45) is 0. The summed E-state index contributed by atoms with van der Waals surface area (Å²) < 4.78 is 31.4. The second-order valence-electron chi connectivity index (χ2n) is 4.20. The molecule has 0 aliphatic carbocycles. The zero-order valence-corrected chi connectivity index (χ0v) is 13.3. The van der Waals surface area contributed by atoms with Crippen molar-refractivity contribution >= 4 is 54.7 Å². The molecule has 1 aromatic carbocycles. The summed E-state index contributed by atoms with van der Waals surface area (Å²) in [6, 6.07) is 4.54. The van der Waals surface area contributed by atoms with Crippen molar-refractivity contribution in [1.82, 2.24) is 0 Å². The SMILES string of the molecule is COCCS(=O)(=O)Nc1cc2cc(C(=O)O)sc2cc1Cl. The molecule has 1 heterocycles. The fourth-order valence-corrected chi connectivity index (χ4v) is 3.90. The van der Waals surface area contributed by atoms with Crippen LogP contribution < -0.4 is 4.72 Å². The molecule has 0 radical (unpaired) electrons. The fraction of sp³-hybridized carbons (Fsp3) is 0.250. The molecule has 0 atom stereocenters. The number of sulfonamides is 1. The summed E-state index contributed by atoms with van der Waals surface area (Å²) >= 11 is 7.11. The largest absolute Gasteiger partial charge is 0.477 e. The third-order valence-corrected chi connectivity index (χ3v) is 5.27. The van der Waals surface area contributed by atoms with E-state index < -0.39 is 16.0 Å². The Labute approximate surface area is 130 Å². The monoisotopic (exact) mass is 349 g/mol. The van der Waals surface area contributed by atoms with Crippen LogP contribution in [0.4, 0.5) is 5.69 Å². The van der Waals surface area contributed by atoms with Crippen molar-refractivity contribution in [1.29, 1.82) is 0 Å². The number of methoxy groups -OCH3 is 1. The predicted molar refractivity (Wildman–Crippen MR) is 83.1 cm³/mol. The number of hydrogen-bond acceptors (Lipinski definition) is 5. The van der Waals surface area contributed by atoms with Crippen LogP contribution >= 0.6 is 22.9 Å². The molecule has 0 spiro atoms. The number of aromatic carboxylic acids is 1. The summed E-state index contributed by atoms with van der Waals surface area (Å²) in [4.78, 5) is 11.1. The highest BCUT2D eigenvalue weighted by Crippen LogP contribution is 2.34. The van der Waals surface area contributed by atoms with E-state index in [1.165, 1.54) is 19.2 Å². The highest BCUT2D eigenvalue weighted by molar-refractivity contribution is 7.92. The smallest absolute Gasteiger partial charge is 0.345 e. The molecule has 1 aromatic heterocycles. The van der Waals surface area contributed by atoms with Crippen molar-refractivity contribution in [3.8, 4) is 0 Å². The van der Waals surface area contributed by atoms with Crippen molar-refractivity contribution in [2.45, 2.75) is 0 Å². The molecule has 114 valence electrons. The average Bonchev–Trinajstić information content (AvgIpc) is 2.79. The van der Waals surface area contributed by atoms with Crippen LogP contribution in [-0.4, -0.2) is 39.0 Å². The number of anilines is 1. The van der Waals surface area contributed by atoms with Crippen LogP contribution in [0.2, 0.25) is 5.02 Å². The Hall–Kier alpha value is -1.35. The maximum atomic E-state index is 11.8. The minimum absolute atomic E-state index is 0.0663.